The van der Waals surface area contributed by atoms with E-state index in [9.17, 15) is 4.79 Å². The number of carbonyl (C=O) groups is 1. The molecule has 0 aliphatic carbocycles. The number of benzene rings is 2. The zero-order valence-corrected chi connectivity index (χ0v) is 14.7. The van der Waals surface area contributed by atoms with Gasteiger partial charge in [0.05, 0.1) is 24.0 Å². The quantitative estimate of drug-likeness (QED) is 0.723. The van der Waals surface area contributed by atoms with Crippen molar-refractivity contribution >= 4 is 23.1 Å². The van der Waals surface area contributed by atoms with Gasteiger partial charge in [-0.25, -0.2) is 9.97 Å². The molecule has 1 amide bonds. The molecule has 0 bridgehead atoms. The molecule has 3 aromatic rings. The minimum Gasteiger partial charge on any atom is -0.486 e. The summed E-state index contributed by atoms with van der Waals surface area (Å²) in [5.41, 5.74) is 1.99. The minimum atomic E-state index is -0.387. The van der Waals surface area contributed by atoms with Crippen molar-refractivity contribution in [3.63, 3.8) is 0 Å². The molecule has 138 valence electrons. The van der Waals surface area contributed by atoms with Crippen LogP contribution in [0.25, 0.3) is 0 Å². The van der Waals surface area contributed by atoms with Gasteiger partial charge in [0.1, 0.15) is 24.7 Å². The van der Waals surface area contributed by atoms with Crippen LogP contribution in [0.5, 0.6) is 11.5 Å². The maximum Gasteiger partial charge on any atom is 0.275 e. The molecule has 0 unspecified atom stereocenters. The highest BCUT2D eigenvalue weighted by Gasteiger charge is 2.14. The van der Waals surface area contributed by atoms with Crippen LogP contribution in [0.15, 0.2) is 54.9 Å². The molecular formula is C20H15N5O3. The molecule has 1 aromatic heterocycles. The van der Waals surface area contributed by atoms with Crippen molar-refractivity contribution in [3.8, 4) is 17.6 Å². The first-order valence-electron chi connectivity index (χ1n) is 8.51. The van der Waals surface area contributed by atoms with E-state index >= 15 is 0 Å². The van der Waals surface area contributed by atoms with Crippen molar-refractivity contribution in [3.05, 3.63) is 66.1 Å². The monoisotopic (exact) mass is 373 g/mol. The second kappa shape index (κ2) is 7.63. The molecule has 2 N–H and O–H groups in total. The van der Waals surface area contributed by atoms with Crippen LogP contribution in [0, 0.1) is 11.3 Å². The predicted octanol–water partition coefficient (Wildman–Crippen LogP) is 3.12. The van der Waals surface area contributed by atoms with E-state index in [0.717, 1.165) is 0 Å². The molecule has 28 heavy (non-hydrogen) atoms. The van der Waals surface area contributed by atoms with E-state index in [0.29, 0.717) is 47.5 Å². The maximum atomic E-state index is 12.4. The van der Waals surface area contributed by atoms with Crippen molar-refractivity contribution in [2.24, 2.45) is 0 Å². The Morgan fingerprint density at radius 2 is 1.86 bits per heavy atom. The number of fused-ring (bicyclic) bond motifs is 1. The zero-order chi connectivity index (χ0) is 19.3. The number of amides is 1. The molecule has 1 aliphatic rings. The SMILES string of the molecule is N#Cc1cccc(Nc2cnc(C(=O)Nc3ccc4c(c3)OCCO4)cn2)c1. The molecule has 0 radical (unpaired) electrons. The van der Waals surface area contributed by atoms with E-state index in [1.165, 1.54) is 12.4 Å². The Hall–Kier alpha value is -4.12. The van der Waals surface area contributed by atoms with E-state index in [1.54, 1.807) is 36.4 Å². The van der Waals surface area contributed by atoms with Crippen LogP contribution in [0.3, 0.4) is 0 Å². The lowest BCUT2D eigenvalue weighted by molar-refractivity contribution is 0.102. The maximum absolute atomic E-state index is 12.4. The van der Waals surface area contributed by atoms with Crippen LogP contribution >= 0.6 is 0 Å². The summed E-state index contributed by atoms with van der Waals surface area (Å²) in [6, 6.07) is 14.2. The van der Waals surface area contributed by atoms with Gasteiger partial charge < -0.3 is 20.1 Å². The molecule has 0 spiro atoms. The Morgan fingerprint density at radius 3 is 2.64 bits per heavy atom. The topological polar surface area (TPSA) is 109 Å². The van der Waals surface area contributed by atoms with Gasteiger partial charge in [0.15, 0.2) is 11.5 Å². The van der Waals surface area contributed by atoms with Crippen LogP contribution in [0.4, 0.5) is 17.2 Å². The first kappa shape index (κ1) is 17.3. The molecule has 4 rings (SSSR count). The summed E-state index contributed by atoms with van der Waals surface area (Å²) < 4.78 is 11.0. The van der Waals surface area contributed by atoms with Gasteiger partial charge in [-0.2, -0.15) is 5.26 Å². The molecule has 8 heteroatoms. The van der Waals surface area contributed by atoms with Gasteiger partial charge in [0, 0.05) is 17.4 Å². The molecular weight excluding hydrogens is 358 g/mol. The summed E-state index contributed by atoms with van der Waals surface area (Å²) in [5.74, 6) is 1.32. The lowest BCUT2D eigenvalue weighted by Crippen LogP contribution is -2.17. The normalized spacial score (nSPS) is 12.0. The fourth-order valence-corrected chi connectivity index (χ4v) is 2.64. The zero-order valence-electron chi connectivity index (χ0n) is 14.7. The number of ether oxygens (including phenoxy) is 2. The number of nitriles is 1. The fraction of sp³-hybridized carbons (Fsp3) is 0.100. The Morgan fingerprint density at radius 1 is 1.00 bits per heavy atom. The summed E-state index contributed by atoms with van der Waals surface area (Å²) in [5, 5.41) is 14.7. The summed E-state index contributed by atoms with van der Waals surface area (Å²) in [6.07, 6.45) is 2.83. The number of nitrogens with zero attached hydrogens (tertiary/aromatic N) is 3. The Bertz CT molecular complexity index is 1060. The molecule has 0 saturated carbocycles. The Kier molecular flexibility index (Phi) is 4.72. The number of carbonyl (C=O) groups excluding carboxylic acids is 1. The highest BCUT2D eigenvalue weighted by molar-refractivity contribution is 6.02. The molecule has 8 nitrogen and oxygen atoms in total. The highest BCUT2D eigenvalue weighted by atomic mass is 16.6. The second-order valence-corrected chi connectivity index (χ2v) is 5.92. The number of aromatic nitrogens is 2. The second-order valence-electron chi connectivity index (χ2n) is 5.92. The number of anilines is 3. The van der Waals surface area contributed by atoms with Gasteiger partial charge in [0.2, 0.25) is 0 Å². The van der Waals surface area contributed by atoms with Crippen molar-refractivity contribution in [2.45, 2.75) is 0 Å². The number of hydrogen-bond acceptors (Lipinski definition) is 7. The average Bonchev–Trinajstić information content (AvgIpc) is 2.74. The average molecular weight is 373 g/mol. The number of rotatable bonds is 4. The van der Waals surface area contributed by atoms with Gasteiger partial charge in [-0.15, -0.1) is 0 Å². The third kappa shape index (κ3) is 3.83. The van der Waals surface area contributed by atoms with Crippen molar-refractivity contribution in [1.29, 1.82) is 5.26 Å². The van der Waals surface area contributed by atoms with E-state index in [-0.39, 0.29) is 11.6 Å². The van der Waals surface area contributed by atoms with Crippen LogP contribution in [0.2, 0.25) is 0 Å². The highest BCUT2D eigenvalue weighted by Crippen LogP contribution is 2.32. The lowest BCUT2D eigenvalue weighted by Gasteiger charge is -2.18. The summed E-state index contributed by atoms with van der Waals surface area (Å²) in [6.45, 7) is 0.983. The van der Waals surface area contributed by atoms with Crippen molar-refractivity contribution in [2.75, 3.05) is 23.8 Å². The van der Waals surface area contributed by atoms with E-state index < -0.39 is 0 Å². The Labute approximate surface area is 160 Å². The summed E-state index contributed by atoms with van der Waals surface area (Å²) in [7, 11) is 0. The molecule has 1 aliphatic heterocycles. The first-order valence-corrected chi connectivity index (χ1v) is 8.51. The lowest BCUT2D eigenvalue weighted by atomic mass is 10.2. The number of hydrogen-bond donors (Lipinski definition) is 2. The van der Waals surface area contributed by atoms with E-state index in [2.05, 4.69) is 26.7 Å². The van der Waals surface area contributed by atoms with Gasteiger partial charge in [-0.3, -0.25) is 4.79 Å². The smallest absolute Gasteiger partial charge is 0.275 e. The van der Waals surface area contributed by atoms with Crippen LogP contribution in [-0.4, -0.2) is 29.1 Å². The third-order valence-corrected chi connectivity index (χ3v) is 3.95. The molecule has 0 fully saturated rings. The molecule has 2 heterocycles. The van der Waals surface area contributed by atoms with Gasteiger partial charge in [-0.05, 0) is 30.3 Å². The largest absolute Gasteiger partial charge is 0.486 e. The molecule has 2 aromatic carbocycles. The van der Waals surface area contributed by atoms with Crippen LogP contribution < -0.4 is 20.1 Å². The fourth-order valence-electron chi connectivity index (χ4n) is 2.64. The number of nitrogens with one attached hydrogen (secondary N) is 2. The molecule has 0 atom stereocenters. The standard InChI is InChI=1S/C20H15N5O3/c21-10-13-2-1-3-14(8-13)24-19-12-22-16(11-23-19)20(26)25-15-4-5-17-18(9-15)28-7-6-27-17/h1-5,8-9,11-12H,6-7H2,(H,23,24)(H,25,26). The van der Waals surface area contributed by atoms with Gasteiger partial charge in [-0.1, -0.05) is 6.07 Å². The van der Waals surface area contributed by atoms with Gasteiger partial charge >= 0.3 is 0 Å². The summed E-state index contributed by atoms with van der Waals surface area (Å²) >= 11 is 0. The van der Waals surface area contributed by atoms with Crippen molar-refractivity contribution in [1.82, 2.24) is 9.97 Å². The minimum absolute atomic E-state index is 0.172. The van der Waals surface area contributed by atoms with E-state index in [1.807, 2.05) is 6.07 Å². The van der Waals surface area contributed by atoms with Crippen LogP contribution in [-0.2, 0) is 0 Å². The Balaban J connectivity index is 1.43. The first-order chi connectivity index (χ1) is 13.7. The predicted molar refractivity (Wildman–Crippen MR) is 102 cm³/mol. The van der Waals surface area contributed by atoms with Crippen LogP contribution in [0.1, 0.15) is 16.1 Å². The third-order valence-electron chi connectivity index (χ3n) is 3.95. The van der Waals surface area contributed by atoms with Crippen molar-refractivity contribution < 1.29 is 14.3 Å². The summed E-state index contributed by atoms with van der Waals surface area (Å²) in [4.78, 5) is 20.7. The molecule has 0 saturated heterocycles. The van der Waals surface area contributed by atoms with Gasteiger partial charge in [0.25, 0.3) is 5.91 Å². The van der Waals surface area contributed by atoms with E-state index in [4.69, 9.17) is 14.7 Å².